The molecule has 0 aliphatic heterocycles. The molecule has 12 heteroatoms. The highest BCUT2D eigenvalue weighted by Crippen LogP contribution is 2.52. The smallest absolute Gasteiger partial charge is 0.383 e. The quantitative estimate of drug-likeness (QED) is 0.229. The van der Waals surface area contributed by atoms with Crippen LogP contribution in [0.25, 0.3) is 0 Å². The average Bonchev–Trinajstić information content (AvgIpc) is 2.91. The molecule has 0 heterocycles. The summed E-state index contributed by atoms with van der Waals surface area (Å²) in [6.07, 6.45) is -1.57. The Labute approximate surface area is 225 Å². The highest BCUT2D eigenvalue weighted by atomic mass is 31.2. The van der Waals surface area contributed by atoms with Crippen LogP contribution in [0.2, 0.25) is 0 Å². The van der Waals surface area contributed by atoms with Crippen LogP contribution in [0.3, 0.4) is 0 Å². The first kappa shape index (κ1) is 32.3. The van der Waals surface area contributed by atoms with E-state index in [1.54, 1.807) is 27.7 Å². The predicted octanol–water partition coefficient (Wildman–Crippen LogP) is 5.31. The minimum Gasteiger partial charge on any atom is -0.383 e. The van der Waals surface area contributed by atoms with Gasteiger partial charge in [-0.15, -0.1) is 0 Å². The summed E-state index contributed by atoms with van der Waals surface area (Å²) in [5.41, 5.74) is 0.375. The second-order valence-corrected chi connectivity index (χ2v) is 12.9. The van der Waals surface area contributed by atoms with Gasteiger partial charge in [-0.05, 0) is 25.0 Å². The molecule has 0 spiro atoms. The molecule has 0 fully saturated rings. The predicted molar refractivity (Wildman–Crippen MR) is 145 cm³/mol. The van der Waals surface area contributed by atoms with E-state index in [0.29, 0.717) is 0 Å². The Bertz CT molecular complexity index is 1010. The molecule has 2 aromatic carbocycles. The van der Waals surface area contributed by atoms with E-state index in [4.69, 9.17) is 22.6 Å². The van der Waals surface area contributed by atoms with Gasteiger partial charge in [0.2, 0.25) is 5.91 Å². The van der Waals surface area contributed by atoms with Gasteiger partial charge < -0.3 is 19.5 Å². The van der Waals surface area contributed by atoms with Gasteiger partial charge in [0.1, 0.15) is 6.10 Å². The van der Waals surface area contributed by atoms with Gasteiger partial charge in [-0.2, -0.15) is 0 Å². The number of phosphoric acid groups is 1. The molecule has 1 amide bonds. The van der Waals surface area contributed by atoms with Crippen LogP contribution >= 0.6 is 15.4 Å². The molecular formula is C26H39NO9P2. The van der Waals surface area contributed by atoms with E-state index < -0.39 is 32.8 Å². The third kappa shape index (κ3) is 11.1. The summed E-state index contributed by atoms with van der Waals surface area (Å²) in [6, 6.07) is 18.3. The van der Waals surface area contributed by atoms with Crippen molar-refractivity contribution in [3.05, 3.63) is 71.8 Å². The van der Waals surface area contributed by atoms with Crippen molar-refractivity contribution in [1.82, 2.24) is 5.32 Å². The van der Waals surface area contributed by atoms with E-state index >= 15 is 0 Å². The topological polar surface area (TPSA) is 130 Å². The van der Waals surface area contributed by atoms with E-state index in [2.05, 4.69) is 5.32 Å². The molecule has 212 valence electrons. The number of aliphatic hydroxyl groups is 1. The lowest BCUT2D eigenvalue weighted by Crippen LogP contribution is -2.46. The third-order valence-electron chi connectivity index (χ3n) is 5.38. The number of nitrogens with one attached hydrogen (secondary N) is 1. The zero-order valence-electron chi connectivity index (χ0n) is 22.4. The standard InChI is InChI=1S/C26H39NO9P2/c1-5-32-37(30,33-6-2)18-17-27-25(29)24(28)26(3,4)21-36-38(31,34-19-22-13-9-7-10-14-22)35-20-23-15-11-8-12-16-23/h7-16,24,28H,5-6,17-21H2,1-4H3,(H,27,29)/t24-/m0/s1. The van der Waals surface area contributed by atoms with Crippen LogP contribution in [0.15, 0.2) is 60.7 Å². The highest BCUT2D eigenvalue weighted by Gasteiger charge is 2.38. The van der Waals surface area contributed by atoms with Gasteiger partial charge in [0, 0.05) is 12.0 Å². The van der Waals surface area contributed by atoms with Crippen LogP contribution in [0.1, 0.15) is 38.8 Å². The van der Waals surface area contributed by atoms with E-state index in [1.807, 2.05) is 60.7 Å². The minimum atomic E-state index is -4.09. The molecule has 0 aliphatic carbocycles. The zero-order valence-corrected chi connectivity index (χ0v) is 24.2. The Morgan fingerprint density at radius 2 is 1.32 bits per heavy atom. The van der Waals surface area contributed by atoms with Gasteiger partial charge >= 0.3 is 15.4 Å². The number of benzene rings is 2. The Morgan fingerprint density at radius 3 is 1.76 bits per heavy atom. The van der Waals surface area contributed by atoms with Gasteiger partial charge in [0.05, 0.1) is 39.2 Å². The molecule has 2 rings (SSSR count). The number of amides is 1. The SMILES string of the molecule is CCOP(=O)(CCNC(=O)[C@H](O)C(C)(C)COP(=O)(OCc1ccccc1)OCc1ccccc1)OCC. The molecule has 0 unspecified atom stereocenters. The Balaban J connectivity index is 1.99. The monoisotopic (exact) mass is 571 g/mol. The number of hydrogen-bond acceptors (Lipinski definition) is 9. The summed E-state index contributed by atoms with van der Waals surface area (Å²) in [5, 5.41) is 13.2. The van der Waals surface area contributed by atoms with Crippen molar-refractivity contribution in [1.29, 1.82) is 0 Å². The summed E-state index contributed by atoms with van der Waals surface area (Å²) in [5.74, 6) is -0.705. The first-order valence-corrected chi connectivity index (χ1v) is 15.7. The first-order chi connectivity index (χ1) is 18.0. The van der Waals surface area contributed by atoms with Gasteiger partial charge in [0.15, 0.2) is 0 Å². The molecule has 0 aliphatic rings. The summed E-state index contributed by atoms with van der Waals surface area (Å²) in [6.45, 7) is 6.61. The Hall–Kier alpha value is -1.87. The van der Waals surface area contributed by atoms with Crippen molar-refractivity contribution in [2.45, 2.75) is 47.0 Å². The third-order valence-corrected chi connectivity index (χ3v) is 8.79. The first-order valence-electron chi connectivity index (χ1n) is 12.5. The summed E-state index contributed by atoms with van der Waals surface area (Å²) in [4.78, 5) is 12.6. The lowest BCUT2D eigenvalue weighted by Gasteiger charge is -2.30. The van der Waals surface area contributed by atoms with E-state index in [9.17, 15) is 19.0 Å². The number of hydrogen-bond donors (Lipinski definition) is 2. The molecule has 10 nitrogen and oxygen atoms in total. The summed E-state index contributed by atoms with van der Waals surface area (Å²) >= 11 is 0. The maximum atomic E-state index is 13.5. The second kappa shape index (κ2) is 15.7. The van der Waals surface area contributed by atoms with Gasteiger partial charge in [-0.3, -0.25) is 22.9 Å². The number of carbonyl (C=O) groups excluding carboxylic acids is 1. The maximum absolute atomic E-state index is 13.5. The summed E-state index contributed by atoms with van der Waals surface area (Å²) < 4.78 is 53.3. The molecule has 0 aromatic heterocycles. The van der Waals surface area contributed by atoms with Crippen LogP contribution in [0, 0.1) is 5.41 Å². The number of rotatable bonds is 18. The Morgan fingerprint density at radius 1 is 0.842 bits per heavy atom. The van der Waals surface area contributed by atoms with Crippen LogP contribution in [-0.2, 0) is 49.8 Å². The molecule has 2 aromatic rings. The highest BCUT2D eigenvalue weighted by molar-refractivity contribution is 7.53. The van der Waals surface area contributed by atoms with Crippen molar-refractivity contribution in [2.24, 2.45) is 5.41 Å². The van der Waals surface area contributed by atoms with E-state index in [0.717, 1.165) is 11.1 Å². The van der Waals surface area contributed by atoms with Crippen molar-refractivity contribution < 1.29 is 41.6 Å². The van der Waals surface area contributed by atoms with Crippen molar-refractivity contribution in [2.75, 3.05) is 32.5 Å². The summed E-state index contributed by atoms with van der Waals surface area (Å²) in [7, 11) is -7.43. The van der Waals surface area contributed by atoms with Crippen molar-refractivity contribution >= 4 is 21.3 Å². The van der Waals surface area contributed by atoms with E-state index in [-0.39, 0.29) is 45.7 Å². The minimum absolute atomic E-state index is 0.0178. The van der Waals surface area contributed by atoms with Crippen LogP contribution in [-0.4, -0.2) is 49.6 Å². The zero-order chi connectivity index (χ0) is 28.1. The molecular weight excluding hydrogens is 532 g/mol. The number of phosphoric ester groups is 1. The normalized spacial score (nSPS) is 13.3. The molecule has 38 heavy (non-hydrogen) atoms. The average molecular weight is 572 g/mol. The molecule has 0 saturated carbocycles. The van der Waals surface area contributed by atoms with Gasteiger partial charge in [0.25, 0.3) is 0 Å². The fraction of sp³-hybridized carbons (Fsp3) is 0.500. The maximum Gasteiger partial charge on any atom is 0.475 e. The molecule has 1 atom stereocenters. The number of carbonyl (C=O) groups is 1. The molecule has 0 saturated heterocycles. The Kier molecular flexibility index (Phi) is 13.3. The lowest BCUT2D eigenvalue weighted by atomic mass is 9.87. The van der Waals surface area contributed by atoms with Crippen molar-refractivity contribution in [3.63, 3.8) is 0 Å². The van der Waals surface area contributed by atoms with Gasteiger partial charge in [-0.25, -0.2) is 4.57 Å². The fourth-order valence-electron chi connectivity index (χ4n) is 3.22. The van der Waals surface area contributed by atoms with Crippen LogP contribution in [0.5, 0.6) is 0 Å². The van der Waals surface area contributed by atoms with Crippen molar-refractivity contribution in [3.8, 4) is 0 Å². The fourth-order valence-corrected chi connectivity index (χ4v) is 6.05. The van der Waals surface area contributed by atoms with E-state index in [1.165, 1.54) is 0 Å². The van der Waals surface area contributed by atoms with Crippen LogP contribution in [0.4, 0.5) is 0 Å². The second-order valence-electron chi connectivity index (χ2n) is 9.09. The number of aliphatic hydroxyl groups excluding tert-OH is 1. The molecule has 0 bridgehead atoms. The molecule has 0 radical (unpaired) electrons. The lowest BCUT2D eigenvalue weighted by molar-refractivity contribution is -0.136. The van der Waals surface area contributed by atoms with Gasteiger partial charge in [-0.1, -0.05) is 74.5 Å². The molecule has 2 N–H and O–H groups in total. The largest absolute Gasteiger partial charge is 0.475 e. The van der Waals surface area contributed by atoms with Crippen LogP contribution < -0.4 is 5.32 Å².